The first kappa shape index (κ1) is 12.5. The fraction of sp³-hybridized carbons (Fsp3) is 0.200. The minimum absolute atomic E-state index is 0.0171. The molecule has 0 aliphatic heterocycles. The lowest BCUT2D eigenvalue weighted by Gasteiger charge is -2.22. The summed E-state index contributed by atoms with van der Waals surface area (Å²) in [6.45, 7) is 4.60. The molecule has 0 saturated heterocycles. The monoisotopic (exact) mass is 274 g/mol. The van der Waals surface area contributed by atoms with Gasteiger partial charge in [-0.15, -0.1) is 0 Å². The van der Waals surface area contributed by atoms with Crippen LogP contribution in [-0.4, -0.2) is 7.11 Å². The summed E-state index contributed by atoms with van der Waals surface area (Å²) >= 11 is 0. The van der Waals surface area contributed by atoms with Crippen molar-refractivity contribution >= 4 is 10.8 Å². The van der Waals surface area contributed by atoms with Crippen LogP contribution in [-0.2, 0) is 5.41 Å². The fourth-order valence-electron chi connectivity index (χ4n) is 3.69. The van der Waals surface area contributed by atoms with E-state index in [-0.39, 0.29) is 5.41 Å². The van der Waals surface area contributed by atoms with Gasteiger partial charge in [0.2, 0.25) is 0 Å². The zero-order chi connectivity index (χ0) is 14.6. The van der Waals surface area contributed by atoms with E-state index in [9.17, 15) is 0 Å². The van der Waals surface area contributed by atoms with Gasteiger partial charge in [0.05, 0.1) is 7.11 Å². The van der Waals surface area contributed by atoms with Crippen LogP contribution in [0.1, 0.15) is 25.0 Å². The molecular weight excluding hydrogens is 256 g/mol. The van der Waals surface area contributed by atoms with Gasteiger partial charge < -0.3 is 4.74 Å². The van der Waals surface area contributed by atoms with Crippen LogP contribution in [0, 0.1) is 0 Å². The molecule has 0 unspecified atom stereocenters. The summed E-state index contributed by atoms with van der Waals surface area (Å²) in [5.74, 6) is 0.963. The van der Waals surface area contributed by atoms with Gasteiger partial charge in [0.1, 0.15) is 5.75 Å². The molecule has 0 radical (unpaired) electrons. The van der Waals surface area contributed by atoms with Crippen molar-refractivity contribution in [2.24, 2.45) is 0 Å². The summed E-state index contributed by atoms with van der Waals surface area (Å²) in [5.41, 5.74) is 5.50. The van der Waals surface area contributed by atoms with E-state index in [1.54, 1.807) is 7.11 Å². The number of benzene rings is 3. The molecule has 1 nitrogen and oxygen atoms in total. The van der Waals surface area contributed by atoms with Gasteiger partial charge in [-0.1, -0.05) is 62.4 Å². The van der Waals surface area contributed by atoms with E-state index in [4.69, 9.17) is 4.74 Å². The topological polar surface area (TPSA) is 9.23 Å². The summed E-state index contributed by atoms with van der Waals surface area (Å²) in [5, 5.41) is 2.47. The third kappa shape index (κ3) is 1.52. The van der Waals surface area contributed by atoms with E-state index >= 15 is 0 Å². The van der Waals surface area contributed by atoms with Crippen molar-refractivity contribution in [1.29, 1.82) is 0 Å². The van der Waals surface area contributed by atoms with Gasteiger partial charge in [0, 0.05) is 10.8 Å². The van der Waals surface area contributed by atoms with E-state index in [0.717, 1.165) is 5.75 Å². The predicted molar refractivity (Wildman–Crippen MR) is 88.1 cm³/mol. The van der Waals surface area contributed by atoms with Gasteiger partial charge in [-0.3, -0.25) is 0 Å². The summed E-state index contributed by atoms with van der Waals surface area (Å²) in [6, 6.07) is 19.5. The molecule has 0 aromatic heterocycles. The van der Waals surface area contributed by atoms with Crippen molar-refractivity contribution in [3.05, 3.63) is 65.7 Å². The molecule has 0 spiro atoms. The lowest BCUT2D eigenvalue weighted by atomic mass is 9.82. The molecule has 0 amide bonds. The number of rotatable bonds is 1. The Morgan fingerprint density at radius 3 is 2.24 bits per heavy atom. The molecule has 3 aromatic carbocycles. The smallest absolute Gasteiger partial charge is 0.127 e. The summed E-state index contributed by atoms with van der Waals surface area (Å²) in [7, 11) is 1.75. The first-order chi connectivity index (χ1) is 10.1. The van der Waals surface area contributed by atoms with Gasteiger partial charge in [-0.05, 0) is 33.7 Å². The van der Waals surface area contributed by atoms with Crippen LogP contribution >= 0.6 is 0 Å². The van der Waals surface area contributed by atoms with Crippen LogP contribution in [0.4, 0.5) is 0 Å². The van der Waals surface area contributed by atoms with Gasteiger partial charge in [-0.25, -0.2) is 0 Å². The van der Waals surface area contributed by atoms with E-state index < -0.39 is 0 Å². The van der Waals surface area contributed by atoms with Crippen molar-refractivity contribution in [3.63, 3.8) is 0 Å². The number of ether oxygens (including phenoxy) is 1. The Balaban J connectivity index is 2.22. The molecule has 1 heteroatoms. The van der Waals surface area contributed by atoms with Gasteiger partial charge in [0.25, 0.3) is 0 Å². The first-order valence-electron chi connectivity index (χ1n) is 7.34. The second kappa shape index (κ2) is 4.11. The van der Waals surface area contributed by atoms with Crippen LogP contribution in [0.25, 0.3) is 21.9 Å². The fourth-order valence-corrected chi connectivity index (χ4v) is 3.69. The number of hydrogen-bond acceptors (Lipinski definition) is 1. The minimum atomic E-state index is 0.0171. The molecule has 21 heavy (non-hydrogen) atoms. The Hall–Kier alpha value is -2.28. The molecule has 0 heterocycles. The van der Waals surface area contributed by atoms with Crippen molar-refractivity contribution in [1.82, 2.24) is 0 Å². The third-order valence-corrected chi connectivity index (χ3v) is 4.77. The average Bonchev–Trinajstić information content (AvgIpc) is 2.75. The average molecular weight is 274 g/mol. The van der Waals surface area contributed by atoms with Gasteiger partial charge in [0.15, 0.2) is 0 Å². The van der Waals surface area contributed by atoms with Crippen molar-refractivity contribution in [2.75, 3.05) is 7.11 Å². The highest BCUT2D eigenvalue weighted by Gasteiger charge is 2.36. The van der Waals surface area contributed by atoms with Crippen LogP contribution in [0.15, 0.2) is 54.6 Å². The van der Waals surface area contributed by atoms with E-state index in [1.165, 1.54) is 33.0 Å². The van der Waals surface area contributed by atoms with Crippen LogP contribution in [0.2, 0.25) is 0 Å². The molecule has 0 saturated carbocycles. The summed E-state index contributed by atoms with van der Waals surface area (Å²) < 4.78 is 5.64. The molecular formula is C20H18O. The quantitative estimate of drug-likeness (QED) is 0.596. The molecule has 3 aromatic rings. The molecule has 0 bridgehead atoms. The zero-order valence-electron chi connectivity index (χ0n) is 12.6. The molecule has 4 rings (SSSR count). The van der Waals surface area contributed by atoms with E-state index in [2.05, 4.69) is 68.4 Å². The van der Waals surface area contributed by atoms with Gasteiger partial charge >= 0.3 is 0 Å². The van der Waals surface area contributed by atoms with Crippen LogP contribution in [0.3, 0.4) is 0 Å². The van der Waals surface area contributed by atoms with E-state index in [1.807, 2.05) is 0 Å². The normalized spacial score (nSPS) is 14.8. The largest absolute Gasteiger partial charge is 0.496 e. The minimum Gasteiger partial charge on any atom is -0.496 e. The molecule has 0 N–H and O–H groups in total. The zero-order valence-corrected chi connectivity index (χ0v) is 12.6. The molecule has 0 fully saturated rings. The highest BCUT2D eigenvalue weighted by Crippen LogP contribution is 2.52. The highest BCUT2D eigenvalue weighted by molar-refractivity contribution is 6.05. The summed E-state index contributed by atoms with van der Waals surface area (Å²) in [6.07, 6.45) is 0. The maximum absolute atomic E-state index is 5.64. The molecule has 1 aliphatic carbocycles. The van der Waals surface area contributed by atoms with E-state index in [0.29, 0.717) is 0 Å². The standard InChI is InChI=1S/C20H18O/c1-20(2)16-11-7-6-10-15(16)19-14-9-5-4-8-13(14)18(21-3)12-17(19)20/h4-12H,1-3H3. The van der Waals surface area contributed by atoms with Crippen molar-refractivity contribution in [2.45, 2.75) is 19.3 Å². The van der Waals surface area contributed by atoms with Crippen LogP contribution in [0.5, 0.6) is 5.75 Å². The SMILES string of the molecule is COc1cc2c(c3ccccc13)-c1ccccc1C2(C)C. The Bertz CT molecular complexity index is 859. The number of methoxy groups -OCH3 is 1. The highest BCUT2D eigenvalue weighted by atomic mass is 16.5. The maximum atomic E-state index is 5.64. The predicted octanol–water partition coefficient (Wildman–Crippen LogP) is 5.15. The number of fused-ring (bicyclic) bond motifs is 5. The lowest BCUT2D eigenvalue weighted by molar-refractivity contribution is 0.418. The molecule has 0 atom stereocenters. The molecule has 104 valence electrons. The Labute approximate surface area is 125 Å². The second-order valence-electron chi connectivity index (χ2n) is 6.22. The van der Waals surface area contributed by atoms with Crippen molar-refractivity contribution in [3.8, 4) is 16.9 Å². The van der Waals surface area contributed by atoms with Crippen molar-refractivity contribution < 1.29 is 4.74 Å². The number of hydrogen-bond donors (Lipinski definition) is 0. The van der Waals surface area contributed by atoms with Gasteiger partial charge in [-0.2, -0.15) is 0 Å². The maximum Gasteiger partial charge on any atom is 0.127 e. The Kier molecular flexibility index (Phi) is 2.44. The first-order valence-corrected chi connectivity index (χ1v) is 7.34. The Morgan fingerprint density at radius 2 is 1.48 bits per heavy atom. The second-order valence-corrected chi connectivity index (χ2v) is 6.22. The lowest BCUT2D eigenvalue weighted by Crippen LogP contribution is -2.15. The van der Waals surface area contributed by atoms with Crippen LogP contribution < -0.4 is 4.74 Å². The third-order valence-electron chi connectivity index (χ3n) is 4.77. The Morgan fingerprint density at radius 1 is 0.810 bits per heavy atom. The summed E-state index contributed by atoms with van der Waals surface area (Å²) in [4.78, 5) is 0. The molecule has 1 aliphatic rings.